The van der Waals surface area contributed by atoms with Crippen LogP contribution in [0.1, 0.15) is 39.8 Å². The first kappa shape index (κ1) is 33.4. The van der Waals surface area contributed by atoms with Crippen LogP contribution in [0, 0.1) is 11.8 Å². The van der Waals surface area contributed by atoms with E-state index in [4.69, 9.17) is 33.2 Å². The molecule has 51 heavy (non-hydrogen) atoms. The molecule has 4 aromatic rings. The van der Waals surface area contributed by atoms with Gasteiger partial charge in [0.05, 0.1) is 26.7 Å². The molecule has 4 aromatic carbocycles. The SMILES string of the molecule is COc1cc([C@@H]2c3cc4c(cc3[C@@H](OC(=O)[C@H](Cc3ccc(O)cc3)NC(=O)OCc3ccccc3)[C@H]3COC(=O)[C@H]23)OCO4)cc(OC)c1O. The summed E-state index contributed by atoms with van der Waals surface area (Å²) in [6.45, 7) is -0.0889. The highest BCUT2D eigenvalue weighted by Crippen LogP contribution is 2.56. The van der Waals surface area contributed by atoms with Crippen molar-refractivity contribution in [3.8, 4) is 34.5 Å². The van der Waals surface area contributed by atoms with Gasteiger partial charge in [-0.3, -0.25) is 4.79 Å². The zero-order valence-electron chi connectivity index (χ0n) is 27.7. The number of carbonyl (C=O) groups is 3. The van der Waals surface area contributed by atoms with E-state index < -0.39 is 47.9 Å². The summed E-state index contributed by atoms with van der Waals surface area (Å²) in [5.41, 5.74) is 3.15. The first-order valence-corrected chi connectivity index (χ1v) is 16.2. The van der Waals surface area contributed by atoms with E-state index in [2.05, 4.69) is 5.32 Å². The van der Waals surface area contributed by atoms with Crippen LogP contribution < -0.4 is 24.3 Å². The van der Waals surface area contributed by atoms with E-state index in [1.165, 1.54) is 26.4 Å². The fourth-order valence-electron chi connectivity index (χ4n) is 6.93. The molecule has 2 heterocycles. The van der Waals surface area contributed by atoms with E-state index in [1.54, 1.807) is 48.5 Å². The van der Waals surface area contributed by atoms with Crippen LogP contribution >= 0.6 is 0 Å². The number of esters is 2. The first-order chi connectivity index (χ1) is 24.7. The molecule has 1 amide bonds. The van der Waals surface area contributed by atoms with Crippen molar-refractivity contribution in [3.63, 3.8) is 0 Å². The first-order valence-electron chi connectivity index (χ1n) is 16.2. The maximum atomic E-state index is 14.2. The Bertz CT molecular complexity index is 1920. The van der Waals surface area contributed by atoms with Crippen molar-refractivity contribution >= 4 is 18.0 Å². The molecule has 0 spiro atoms. The predicted octanol–water partition coefficient (Wildman–Crippen LogP) is 4.90. The van der Waals surface area contributed by atoms with Gasteiger partial charge in [-0.15, -0.1) is 0 Å². The average molecular weight is 698 g/mol. The number of fused-ring (bicyclic) bond motifs is 3. The number of phenols is 2. The number of phenolic OH excluding ortho intramolecular Hbond substituents is 2. The number of ether oxygens (including phenoxy) is 7. The lowest BCUT2D eigenvalue weighted by molar-refractivity contribution is -0.157. The lowest BCUT2D eigenvalue weighted by atomic mass is 9.66. The largest absolute Gasteiger partial charge is 0.508 e. The molecule has 264 valence electrons. The average Bonchev–Trinajstić information content (AvgIpc) is 3.77. The van der Waals surface area contributed by atoms with Gasteiger partial charge in [0.2, 0.25) is 12.5 Å². The van der Waals surface area contributed by atoms with Crippen molar-refractivity contribution in [2.24, 2.45) is 11.8 Å². The van der Waals surface area contributed by atoms with Gasteiger partial charge in [0.1, 0.15) is 24.5 Å². The summed E-state index contributed by atoms with van der Waals surface area (Å²) in [5, 5.41) is 23.1. The fourth-order valence-corrected chi connectivity index (χ4v) is 6.93. The number of aromatic hydroxyl groups is 2. The van der Waals surface area contributed by atoms with Crippen molar-refractivity contribution in [2.75, 3.05) is 27.6 Å². The third-order valence-electron chi connectivity index (χ3n) is 9.39. The molecule has 13 nitrogen and oxygen atoms in total. The molecule has 5 atom stereocenters. The van der Waals surface area contributed by atoms with Gasteiger partial charge in [-0.1, -0.05) is 42.5 Å². The number of carbonyl (C=O) groups excluding carboxylic acids is 3. The van der Waals surface area contributed by atoms with E-state index in [9.17, 15) is 24.6 Å². The number of alkyl carbamates (subject to hydrolysis) is 1. The van der Waals surface area contributed by atoms with Crippen molar-refractivity contribution in [3.05, 3.63) is 107 Å². The Balaban J connectivity index is 1.24. The van der Waals surface area contributed by atoms with E-state index >= 15 is 0 Å². The molecule has 3 aliphatic rings. The molecule has 13 heteroatoms. The van der Waals surface area contributed by atoms with E-state index in [0.717, 1.165) is 5.56 Å². The molecule has 0 unspecified atom stereocenters. The Morgan fingerprint density at radius 2 is 1.53 bits per heavy atom. The lowest BCUT2D eigenvalue weighted by Crippen LogP contribution is -2.45. The summed E-state index contributed by atoms with van der Waals surface area (Å²) >= 11 is 0. The number of rotatable bonds is 10. The number of amides is 1. The molecule has 0 bridgehead atoms. The number of nitrogens with one attached hydrogen (secondary N) is 1. The van der Waals surface area contributed by atoms with Gasteiger partial charge in [-0.2, -0.15) is 0 Å². The van der Waals surface area contributed by atoms with Gasteiger partial charge in [0, 0.05) is 23.8 Å². The van der Waals surface area contributed by atoms with Crippen LogP contribution in [-0.2, 0) is 36.8 Å². The van der Waals surface area contributed by atoms with E-state index in [1.807, 2.05) is 18.2 Å². The Morgan fingerprint density at radius 1 is 0.863 bits per heavy atom. The second-order valence-electron chi connectivity index (χ2n) is 12.4. The second kappa shape index (κ2) is 14.0. The monoisotopic (exact) mass is 697 g/mol. The van der Waals surface area contributed by atoms with Crippen LogP contribution in [0.4, 0.5) is 4.79 Å². The van der Waals surface area contributed by atoms with Crippen molar-refractivity contribution in [1.82, 2.24) is 5.32 Å². The quantitative estimate of drug-likeness (QED) is 0.152. The Hall–Kier alpha value is -6.11. The molecule has 0 saturated carbocycles. The molecular formula is C38H35NO12. The van der Waals surface area contributed by atoms with Gasteiger partial charge in [0.15, 0.2) is 23.0 Å². The number of hydrogen-bond acceptors (Lipinski definition) is 12. The van der Waals surface area contributed by atoms with E-state index in [-0.39, 0.29) is 49.4 Å². The summed E-state index contributed by atoms with van der Waals surface area (Å²) in [5.74, 6) is -2.39. The smallest absolute Gasteiger partial charge is 0.408 e. The van der Waals surface area contributed by atoms with Crippen LogP contribution in [-0.4, -0.2) is 61.9 Å². The van der Waals surface area contributed by atoms with Crippen molar-refractivity contribution in [1.29, 1.82) is 0 Å². The summed E-state index contributed by atoms with van der Waals surface area (Å²) in [6.07, 6.45) is -1.82. The third kappa shape index (κ3) is 6.62. The van der Waals surface area contributed by atoms with Crippen LogP contribution in [0.25, 0.3) is 0 Å². The van der Waals surface area contributed by atoms with Crippen LogP contribution in [0.15, 0.2) is 78.9 Å². The normalized spacial score (nSPS) is 20.3. The van der Waals surface area contributed by atoms with Crippen LogP contribution in [0.2, 0.25) is 0 Å². The number of methoxy groups -OCH3 is 2. The summed E-state index contributed by atoms with van der Waals surface area (Å²) in [7, 11) is 2.82. The standard InChI is InChI=1S/C38H35NO12/c1-45-30-13-22(14-31(46-2)34(30)41)32-24-15-28-29(50-19-49-28)16-25(24)35(26-18-47-37(43)33(26)32)51-36(42)27(12-20-8-10-23(40)11-9-20)39-38(44)48-17-21-6-4-3-5-7-21/h3-11,13-16,26-27,32-33,35,40-41H,12,17-19H2,1-2H3,(H,39,44)/t26-,27-,32+,33-,35+/m0/s1. The summed E-state index contributed by atoms with van der Waals surface area (Å²) in [6, 6.07) is 20.8. The molecule has 7 rings (SSSR count). The molecule has 2 aliphatic heterocycles. The van der Waals surface area contributed by atoms with Gasteiger partial charge in [-0.05, 0) is 58.7 Å². The highest BCUT2D eigenvalue weighted by Gasteiger charge is 2.54. The van der Waals surface area contributed by atoms with Crippen molar-refractivity contribution in [2.45, 2.75) is 31.1 Å². The molecule has 0 radical (unpaired) electrons. The number of cyclic esters (lactones) is 1. The van der Waals surface area contributed by atoms with Gasteiger partial charge in [0.25, 0.3) is 0 Å². The highest BCUT2D eigenvalue weighted by molar-refractivity contribution is 5.83. The third-order valence-corrected chi connectivity index (χ3v) is 9.39. The second-order valence-corrected chi connectivity index (χ2v) is 12.4. The molecule has 0 aromatic heterocycles. The van der Waals surface area contributed by atoms with Gasteiger partial charge in [-0.25, -0.2) is 9.59 Å². The lowest BCUT2D eigenvalue weighted by Gasteiger charge is -2.39. The Morgan fingerprint density at radius 3 is 2.20 bits per heavy atom. The molecule has 1 saturated heterocycles. The van der Waals surface area contributed by atoms with Gasteiger partial charge < -0.3 is 48.7 Å². The minimum Gasteiger partial charge on any atom is -0.508 e. The minimum atomic E-state index is -1.21. The Labute approximate surface area is 292 Å². The topological polar surface area (TPSA) is 168 Å². The zero-order valence-corrected chi connectivity index (χ0v) is 27.7. The van der Waals surface area contributed by atoms with E-state index in [0.29, 0.717) is 33.8 Å². The number of hydrogen-bond donors (Lipinski definition) is 3. The zero-order chi connectivity index (χ0) is 35.6. The van der Waals surface area contributed by atoms with Crippen molar-refractivity contribution < 1.29 is 57.8 Å². The maximum Gasteiger partial charge on any atom is 0.408 e. The summed E-state index contributed by atoms with van der Waals surface area (Å²) in [4.78, 5) is 40.8. The highest BCUT2D eigenvalue weighted by atomic mass is 16.7. The minimum absolute atomic E-state index is 0.0134. The molecule has 3 N–H and O–H groups in total. The van der Waals surface area contributed by atoms with Gasteiger partial charge >= 0.3 is 18.0 Å². The summed E-state index contributed by atoms with van der Waals surface area (Å²) < 4.78 is 39.6. The van der Waals surface area contributed by atoms with Crippen LogP contribution in [0.5, 0.6) is 34.5 Å². The predicted molar refractivity (Wildman–Crippen MR) is 178 cm³/mol. The fraction of sp³-hybridized carbons (Fsp3) is 0.289. The maximum absolute atomic E-state index is 14.2. The molecule has 1 aliphatic carbocycles. The molecule has 1 fully saturated rings. The number of benzene rings is 4. The molecular weight excluding hydrogens is 662 g/mol. The van der Waals surface area contributed by atoms with Crippen LogP contribution in [0.3, 0.4) is 0 Å². The Kier molecular flexibility index (Phi) is 9.18.